The Balaban J connectivity index is 2.52. The molecule has 0 aromatic carbocycles. The van der Waals surface area contributed by atoms with Gasteiger partial charge in [0, 0.05) is 6.20 Å². The predicted octanol–water partition coefficient (Wildman–Crippen LogP) is 0.142. The fraction of sp³-hybridized carbons (Fsp3) is 0. The summed E-state index contributed by atoms with van der Waals surface area (Å²) in [7, 11) is 0. The van der Waals surface area contributed by atoms with E-state index in [9.17, 15) is 4.21 Å². The van der Waals surface area contributed by atoms with Crippen LogP contribution in [0.5, 0.6) is 0 Å². The van der Waals surface area contributed by atoms with Crippen LogP contribution in [0.1, 0.15) is 5.69 Å². The zero-order valence-electron chi connectivity index (χ0n) is 6.04. The first kappa shape index (κ1) is 8.82. The summed E-state index contributed by atoms with van der Waals surface area (Å²) in [6, 6.07) is 5.30. The Hall–Kier alpha value is -1.27. The Morgan fingerprint density at radius 2 is 2.50 bits per heavy atom. The molecule has 1 aromatic heterocycles. The van der Waals surface area contributed by atoms with E-state index in [0.29, 0.717) is 5.69 Å². The standard InChI is InChI=1S/C6H7N3O2S/c10-12(11)9-8-5-6-3-1-2-4-7-6/h1-5,9H,(H,10,11). The molecule has 0 saturated carbocycles. The molecule has 5 nitrogen and oxygen atoms in total. The Bertz CT molecular complexity index is 288. The van der Waals surface area contributed by atoms with Crippen LogP contribution in [0.4, 0.5) is 0 Å². The molecule has 1 unspecified atom stereocenters. The lowest BCUT2D eigenvalue weighted by atomic mass is 10.4. The molecule has 0 radical (unpaired) electrons. The van der Waals surface area contributed by atoms with Crippen molar-refractivity contribution >= 4 is 17.5 Å². The smallest absolute Gasteiger partial charge is 0.275 e. The van der Waals surface area contributed by atoms with Crippen LogP contribution >= 0.6 is 0 Å². The van der Waals surface area contributed by atoms with Crippen molar-refractivity contribution in [2.24, 2.45) is 5.10 Å². The van der Waals surface area contributed by atoms with Crippen molar-refractivity contribution in [3.8, 4) is 0 Å². The maximum atomic E-state index is 10.1. The quantitative estimate of drug-likeness (QED) is 0.399. The zero-order valence-corrected chi connectivity index (χ0v) is 6.86. The van der Waals surface area contributed by atoms with Crippen molar-refractivity contribution in [1.82, 2.24) is 9.82 Å². The lowest BCUT2D eigenvalue weighted by molar-refractivity contribution is 0.552. The minimum atomic E-state index is -2.11. The van der Waals surface area contributed by atoms with Crippen LogP contribution in [0.2, 0.25) is 0 Å². The second-order valence-electron chi connectivity index (χ2n) is 1.85. The molecular formula is C6H7N3O2S. The maximum Gasteiger partial charge on any atom is 0.275 e. The van der Waals surface area contributed by atoms with Crippen LogP contribution in [-0.4, -0.2) is 20.0 Å². The minimum absolute atomic E-state index is 0.621. The maximum absolute atomic E-state index is 10.1. The molecule has 12 heavy (non-hydrogen) atoms. The summed E-state index contributed by atoms with van der Waals surface area (Å²) in [6.45, 7) is 0. The Labute approximate surface area is 71.9 Å². The number of pyridine rings is 1. The average Bonchev–Trinajstić information content (AvgIpc) is 2.05. The van der Waals surface area contributed by atoms with Gasteiger partial charge in [-0.25, -0.2) is 9.04 Å². The monoisotopic (exact) mass is 185 g/mol. The van der Waals surface area contributed by atoms with Gasteiger partial charge in [0.15, 0.2) is 0 Å². The van der Waals surface area contributed by atoms with E-state index in [1.165, 1.54) is 6.21 Å². The van der Waals surface area contributed by atoms with Gasteiger partial charge in [0.1, 0.15) is 0 Å². The van der Waals surface area contributed by atoms with E-state index in [2.05, 4.69) is 10.1 Å². The van der Waals surface area contributed by atoms with Crippen molar-refractivity contribution in [2.45, 2.75) is 0 Å². The van der Waals surface area contributed by atoms with Crippen LogP contribution in [0.25, 0.3) is 0 Å². The third-order valence-electron chi connectivity index (χ3n) is 1.02. The highest BCUT2D eigenvalue weighted by Crippen LogP contribution is 1.87. The highest BCUT2D eigenvalue weighted by Gasteiger charge is 1.86. The normalized spacial score (nSPS) is 13.1. The number of nitrogens with one attached hydrogen (secondary N) is 1. The topological polar surface area (TPSA) is 74.6 Å². The van der Waals surface area contributed by atoms with Gasteiger partial charge < -0.3 is 0 Å². The summed E-state index contributed by atoms with van der Waals surface area (Å²) >= 11 is -2.11. The summed E-state index contributed by atoms with van der Waals surface area (Å²) in [5.74, 6) is 0. The summed E-state index contributed by atoms with van der Waals surface area (Å²) in [6.07, 6.45) is 2.96. The van der Waals surface area contributed by atoms with E-state index >= 15 is 0 Å². The fourth-order valence-corrected chi connectivity index (χ4v) is 0.733. The molecule has 0 aliphatic heterocycles. The van der Waals surface area contributed by atoms with Crippen LogP contribution in [0.3, 0.4) is 0 Å². The molecule has 1 rings (SSSR count). The number of hydrazone groups is 1. The Morgan fingerprint density at radius 1 is 1.67 bits per heavy atom. The molecule has 0 aliphatic carbocycles. The van der Waals surface area contributed by atoms with Gasteiger partial charge in [0.05, 0.1) is 11.9 Å². The van der Waals surface area contributed by atoms with Crippen molar-refractivity contribution in [3.05, 3.63) is 30.1 Å². The molecule has 2 N–H and O–H groups in total. The lowest BCUT2D eigenvalue weighted by Crippen LogP contribution is -2.08. The van der Waals surface area contributed by atoms with Crippen molar-refractivity contribution in [1.29, 1.82) is 0 Å². The largest absolute Gasteiger partial charge is 0.288 e. The molecule has 0 saturated heterocycles. The molecule has 0 amide bonds. The summed E-state index contributed by atoms with van der Waals surface area (Å²) < 4.78 is 18.3. The van der Waals surface area contributed by atoms with Gasteiger partial charge in [0.25, 0.3) is 11.3 Å². The minimum Gasteiger partial charge on any atom is -0.288 e. The van der Waals surface area contributed by atoms with Crippen molar-refractivity contribution in [2.75, 3.05) is 0 Å². The molecule has 1 aromatic rings. The van der Waals surface area contributed by atoms with Gasteiger partial charge in [-0.1, -0.05) is 6.07 Å². The molecule has 0 aliphatic rings. The van der Waals surface area contributed by atoms with Gasteiger partial charge in [-0.3, -0.25) is 9.54 Å². The lowest BCUT2D eigenvalue weighted by Gasteiger charge is -1.90. The van der Waals surface area contributed by atoms with Gasteiger partial charge in [-0.2, -0.15) is 5.10 Å². The van der Waals surface area contributed by atoms with E-state index in [-0.39, 0.29) is 0 Å². The SMILES string of the molecule is O=S(O)NN=Cc1ccccn1. The second-order valence-corrected chi connectivity index (χ2v) is 2.53. The van der Waals surface area contributed by atoms with Crippen molar-refractivity contribution in [3.63, 3.8) is 0 Å². The first-order valence-corrected chi connectivity index (χ1v) is 4.20. The predicted molar refractivity (Wildman–Crippen MR) is 45.7 cm³/mol. The van der Waals surface area contributed by atoms with E-state index in [1.54, 1.807) is 24.4 Å². The van der Waals surface area contributed by atoms with E-state index < -0.39 is 11.3 Å². The van der Waals surface area contributed by atoms with Gasteiger partial charge >= 0.3 is 0 Å². The molecule has 1 atom stereocenters. The third kappa shape index (κ3) is 3.22. The molecule has 64 valence electrons. The Kier molecular flexibility index (Phi) is 3.36. The van der Waals surface area contributed by atoms with E-state index in [0.717, 1.165) is 0 Å². The van der Waals surface area contributed by atoms with E-state index in [4.69, 9.17) is 4.55 Å². The number of hydrogen-bond donors (Lipinski definition) is 2. The average molecular weight is 185 g/mol. The molecule has 6 heteroatoms. The summed E-state index contributed by atoms with van der Waals surface area (Å²) in [4.78, 5) is 5.86. The summed E-state index contributed by atoms with van der Waals surface area (Å²) in [5, 5.41) is 3.45. The van der Waals surface area contributed by atoms with Crippen LogP contribution in [-0.2, 0) is 11.3 Å². The highest BCUT2D eigenvalue weighted by atomic mass is 32.2. The zero-order chi connectivity index (χ0) is 8.81. The molecular weight excluding hydrogens is 178 g/mol. The van der Waals surface area contributed by atoms with Gasteiger partial charge in [0.2, 0.25) is 0 Å². The third-order valence-corrected chi connectivity index (χ3v) is 1.28. The Morgan fingerprint density at radius 3 is 3.08 bits per heavy atom. The molecule has 0 bridgehead atoms. The number of hydrogen-bond acceptors (Lipinski definition) is 3. The first-order chi connectivity index (χ1) is 5.79. The van der Waals surface area contributed by atoms with Crippen molar-refractivity contribution < 1.29 is 8.76 Å². The number of nitrogens with zero attached hydrogens (tertiary/aromatic N) is 2. The number of rotatable bonds is 3. The second kappa shape index (κ2) is 4.58. The highest BCUT2D eigenvalue weighted by molar-refractivity contribution is 7.77. The summed E-state index contributed by atoms with van der Waals surface area (Å²) in [5.41, 5.74) is 0.621. The van der Waals surface area contributed by atoms with Crippen LogP contribution in [0, 0.1) is 0 Å². The van der Waals surface area contributed by atoms with Crippen LogP contribution < -0.4 is 4.83 Å². The molecule has 0 fully saturated rings. The van der Waals surface area contributed by atoms with E-state index in [1.807, 2.05) is 4.83 Å². The fourth-order valence-electron chi connectivity index (χ4n) is 0.590. The first-order valence-electron chi connectivity index (χ1n) is 3.09. The van der Waals surface area contributed by atoms with Gasteiger partial charge in [-0.15, -0.1) is 0 Å². The van der Waals surface area contributed by atoms with Gasteiger partial charge in [-0.05, 0) is 12.1 Å². The number of aromatic nitrogens is 1. The molecule has 0 spiro atoms. The molecule has 1 heterocycles. The van der Waals surface area contributed by atoms with Crippen LogP contribution in [0.15, 0.2) is 29.5 Å².